The number of ether oxygens (including phenoxy) is 3. The topological polar surface area (TPSA) is 78.9 Å². The molecule has 0 fully saturated rings. The minimum absolute atomic E-state index is 0.121. The van der Waals surface area contributed by atoms with Crippen molar-refractivity contribution in [3.8, 4) is 0 Å². The summed E-state index contributed by atoms with van der Waals surface area (Å²) in [5.41, 5.74) is 0. The highest BCUT2D eigenvalue weighted by Crippen LogP contribution is 2.14. The van der Waals surface area contributed by atoms with E-state index < -0.39 is 6.10 Å². The van der Waals surface area contributed by atoms with Gasteiger partial charge in [0.2, 0.25) is 0 Å². The highest BCUT2D eigenvalue weighted by atomic mass is 16.6. The number of esters is 3. The molecule has 0 aliphatic carbocycles. The van der Waals surface area contributed by atoms with Crippen molar-refractivity contribution in [2.24, 2.45) is 0 Å². The molecule has 346 valence electrons. The highest BCUT2D eigenvalue weighted by Gasteiger charge is 2.19. The molecule has 0 spiro atoms. The molecule has 0 aliphatic heterocycles. The second-order valence-electron chi connectivity index (χ2n) is 16.0. The van der Waals surface area contributed by atoms with Crippen LogP contribution in [0.5, 0.6) is 0 Å². The third-order valence-corrected chi connectivity index (χ3v) is 10.1. The number of unbranched alkanes of at least 4 members (excludes halogenated alkanes) is 16. The van der Waals surface area contributed by atoms with E-state index in [1.807, 2.05) is 0 Å². The Labute approximate surface area is 375 Å². The van der Waals surface area contributed by atoms with Crippen LogP contribution in [0.15, 0.2) is 97.2 Å². The standard InChI is InChI=1S/C55H90O6/c1-4-7-10-13-16-19-22-24-26-27-29-30-33-36-39-42-45-48-54(57)60-51-52(50-59-53(56)47-44-41-38-35-32-21-18-15-12-9-6-3)61-55(58)49-46-43-40-37-34-31-28-25-23-20-17-14-11-8-5-2/h7,9-10,12,16,18-19,21,24,26,29-30,35-36,38-39,52H,4-6,8,11,13-15,17,20,22-23,25,27-28,31-34,37,40-51H2,1-3H3/b10-7-,12-9-,19-16-,21-18-,26-24-,30-29-,38-35-,39-36-. The molecule has 0 aromatic rings. The third kappa shape index (κ3) is 47.2. The van der Waals surface area contributed by atoms with Crippen LogP contribution >= 0.6 is 0 Å². The molecule has 0 aliphatic rings. The molecule has 61 heavy (non-hydrogen) atoms. The van der Waals surface area contributed by atoms with E-state index in [1.165, 1.54) is 77.0 Å². The summed E-state index contributed by atoms with van der Waals surface area (Å²) >= 11 is 0. The van der Waals surface area contributed by atoms with Gasteiger partial charge in [-0.1, -0.05) is 208 Å². The Bertz CT molecular complexity index is 1250. The Kier molecular flexibility index (Phi) is 46.0. The Morgan fingerprint density at radius 2 is 0.639 bits per heavy atom. The smallest absolute Gasteiger partial charge is 0.306 e. The van der Waals surface area contributed by atoms with E-state index in [2.05, 4.69) is 118 Å². The summed E-state index contributed by atoms with van der Waals surface area (Å²) < 4.78 is 16.7. The minimum Gasteiger partial charge on any atom is -0.462 e. The number of hydrogen-bond donors (Lipinski definition) is 0. The first kappa shape index (κ1) is 57.3. The zero-order valence-electron chi connectivity index (χ0n) is 39.4. The lowest BCUT2D eigenvalue weighted by Gasteiger charge is -2.18. The van der Waals surface area contributed by atoms with Crippen LogP contribution < -0.4 is 0 Å². The predicted molar refractivity (Wildman–Crippen MR) is 260 cm³/mol. The molecule has 0 heterocycles. The van der Waals surface area contributed by atoms with E-state index in [0.717, 1.165) is 83.5 Å². The zero-order chi connectivity index (χ0) is 44.4. The number of carbonyl (C=O) groups excluding carboxylic acids is 3. The molecular formula is C55H90O6. The molecule has 0 N–H and O–H groups in total. The molecule has 0 rings (SSSR count). The summed E-state index contributed by atoms with van der Waals surface area (Å²) in [6, 6.07) is 0. The molecule has 1 unspecified atom stereocenters. The van der Waals surface area contributed by atoms with Gasteiger partial charge in [-0.3, -0.25) is 14.4 Å². The van der Waals surface area contributed by atoms with E-state index in [4.69, 9.17) is 14.2 Å². The quantitative estimate of drug-likeness (QED) is 0.0263. The largest absolute Gasteiger partial charge is 0.462 e. The van der Waals surface area contributed by atoms with Crippen LogP contribution in [-0.2, 0) is 28.6 Å². The number of hydrogen-bond acceptors (Lipinski definition) is 6. The van der Waals surface area contributed by atoms with Gasteiger partial charge in [0.05, 0.1) is 0 Å². The third-order valence-electron chi connectivity index (χ3n) is 10.1. The number of carbonyl (C=O) groups is 3. The first-order chi connectivity index (χ1) is 30.0. The number of rotatable bonds is 43. The molecule has 6 heteroatoms. The van der Waals surface area contributed by atoms with Crippen molar-refractivity contribution >= 4 is 17.9 Å². The van der Waals surface area contributed by atoms with Gasteiger partial charge < -0.3 is 14.2 Å². The molecule has 0 aromatic carbocycles. The lowest BCUT2D eigenvalue weighted by Crippen LogP contribution is -2.30. The van der Waals surface area contributed by atoms with Crippen LogP contribution in [-0.4, -0.2) is 37.2 Å². The molecule has 1 atom stereocenters. The minimum atomic E-state index is -0.818. The molecule has 0 bridgehead atoms. The van der Waals surface area contributed by atoms with Crippen LogP contribution in [0, 0.1) is 0 Å². The van der Waals surface area contributed by atoms with E-state index >= 15 is 0 Å². The zero-order valence-corrected chi connectivity index (χ0v) is 39.4. The Morgan fingerprint density at radius 1 is 0.344 bits per heavy atom. The van der Waals surface area contributed by atoms with E-state index in [1.54, 1.807) is 0 Å². The summed E-state index contributed by atoms with van der Waals surface area (Å²) in [7, 11) is 0. The molecular weight excluding hydrogens is 757 g/mol. The molecule has 6 nitrogen and oxygen atoms in total. The van der Waals surface area contributed by atoms with Gasteiger partial charge >= 0.3 is 17.9 Å². The summed E-state index contributed by atoms with van der Waals surface area (Å²) in [6.45, 7) is 6.30. The maximum absolute atomic E-state index is 12.8. The van der Waals surface area contributed by atoms with Crippen LogP contribution in [0.25, 0.3) is 0 Å². The lowest BCUT2D eigenvalue weighted by atomic mass is 10.0. The van der Waals surface area contributed by atoms with E-state index in [0.29, 0.717) is 19.3 Å². The fourth-order valence-electron chi connectivity index (χ4n) is 6.44. The van der Waals surface area contributed by atoms with Crippen molar-refractivity contribution in [2.45, 2.75) is 219 Å². The summed E-state index contributed by atoms with van der Waals surface area (Å²) in [5.74, 6) is -1.03. The van der Waals surface area contributed by atoms with E-state index in [9.17, 15) is 14.4 Å². The lowest BCUT2D eigenvalue weighted by molar-refractivity contribution is -0.167. The number of allylic oxidation sites excluding steroid dienone is 16. The van der Waals surface area contributed by atoms with Crippen LogP contribution in [0.3, 0.4) is 0 Å². The Balaban J connectivity index is 4.51. The maximum atomic E-state index is 12.8. The summed E-state index contributed by atoms with van der Waals surface area (Å²) in [6.07, 6.45) is 64.1. The van der Waals surface area contributed by atoms with Crippen LogP contribution in [0.4, 0.5) is 0 Å². The van der Waals surface area contributed by atoms with Crippen molar-refractivity contribution in [1.82, 2.24) is 0 Å². The van der Waals surface area contributed by atoms with Gasteiger partial charge in [0.15, 0.2) is 6.10 Å². The molecule has 0 aromatic heterocycles. The summed E-state index contributed by atoms with van der Waals surface area (Å²) in [4.78, 5) is 37.8. The molecule has 0 saturated carbocycles. The average molecular weight is 847 g/mol. The van der Waals surface area contributed by atoms with Crippen molar-refractivity contribution in [3.63, 3.8) is 0 Å². The average Bonchev–Trinajstić information content (AvgIpc) is 3.26. The predicted octanol–water partition coefficient (Wildman–Crippen LogP) is 16.2. The van der Waals surface area contributed by atoms with Crippen LogP contribution in [0.1, 0.15) is 213 Å². The Hall–Kier alpha value is -3.67. The SMILES string of the molecule is CC/C=C\C/C=C\C/C=C\C/C=C\C/C=C\CCCC(=O)OCC(COC(=O)CCC/C=C\C/C=C\C/C=C\CC)OC(=O)CCCCCCCCCCCCCCCCC. The summed E-state index contributed by atoms with van der Waals surface area (Å²) in [5, 5.41) is 0. The normalized spacial score (nSPS) is 12.9. The monoisotopic (exact) mass is 847 g/mol. The second kappa shape index (κ2) is 49.0. The molecule has 0 saturated heterocycles. The van der Waals surface area contributed by atoms with E-state index in [-0.39, 0.29) is 44.0 Å². The van der Waals surface area contributed by atoms with Crippen molar-refractivity contribution in [2.75, 3.05) is 13.2 Å². The molecule has 0 radical (unpaired) electrons. The van der Waals surface area contributed by atoms with Gasteiger partial charge in [-0.05, 0) is 83.5 Å². The highest BCUT2D eigenvalue weighted by molar-refractivity contribution is 5.71. The van der Waals surface area contributed by atoms with Crippen molar-refractivity contribution in [1.29, 1.82) is 0 Å². The first-order valence-corrected chi connectivity index (χ1v) is 24.7. The first-order valence-electron chi connectivity index (χ1n) is 24.7. The fraction of sp³-hybridized carbons (Fsp3) is 0.655. The van der Waals surface area contributed by atoms with Crippen molar-refractivity contribution < 1.29 is 28.6 Å². The van der Waals surface area contributed by atoms with Gasteiger partial charge in [0.25, 0.3) is 0 Å². The van der Waals surface area contributed by atoms with Gasteiger partial charge in [0.1, 0.15) is 13.2 Å². The second-order valence-corrected chi connectivity index (χ2v) is 16.0. The van der Waals surface area contributed by atoms with Gasteiger partial charge in [-0.15, -0.1) is 0 Å². The Morgan fingerprint density at radius 3 is 0.984 bits per heavy atom. The van der Waals surface area contributed by atoms with Crippen LogP contribution in [0.2, 0.25) is 0 Å². The van der Waals surface area contributed by atoms with Gasteiger partial charge in [-0.2, -0.15) is 0 Å². The fourth-order valence-corrected chi connectivity index (χ4v) is 6.44. The van der Waals surface area contributed by atoms with Gasteiger partial charge in [0, 0.05) is 19.3 Å². The van der Waals surface area contributed by atoms with Gasteiger partial charge in [-0.25, -0.2) is 0 Å². The maximum Gasteiger partial charge on any atom is 0.306 e. The molecule has 0 amide bonds. The van der Waals surface area contributed by atoms with Crippen molar-refractivity contribution in [3.05, 3.63) is 97.2 Å².